The molecule has 0 aliphatic rings. The summed E-state index contributed by atoms with van der Waals surface area (Å²) in [5.41, 5.74) is 0. The molecule has 0 saturated carbocycles. The lowest BCUT2D eigenvalue weighted by Crippen LogP contribution is -2.30. The molecule has 18 heteroatoms. The molecule has 5 atom stereocenters. The van der Waals surface area contributed by atoms with E-state index in [9.17, 15) is 43.5 Å². The van der Waals surface area contributed by atoms with Crippen molar-refractivity contribution in [1.82, 2.24) is 0 Å². The summed E-state index contributed by atoms with van der Waals surface area (Å²) in [6.45, 7) is 2.47. The Kier molecular flexibility index (Phi) is 95.0. The number of aliphatic hydroxyl groups excluding tert-OH is 2. The molecule has 0 aliphatic carbocycles. The van der Waals surface area contributed by atoms with Gasteiger partial charge in [-0.25, -0.2) is 9.13 Å². The molecule has 0 aromatic rings. The molecular weight excluding hydrogens is 1630 g/mol. The molecule has 726 valence electrons. The number of hydrogen-bond acceptors (Lipinski definition) is 14. The Hall–Kier alpha value is -5.61. The number of aliphatic hydroxyl groups is 2. The van der Waals surface area contributed by atoms with Gasteiger partial charge in [0.2, 0.25) is 0 Å². The zero-order valence-electron chi connectivity index (χ0n) is 80.4. The standard InChI is InChI=1S/C109H184O16P2/c1-4-7-10-13-16-19-22-25-28-31-34-37-40-43-46-49-50-51-52-55-57-59-62-65-68-71-74-77-80-83-86-89-92-95-107(112)119-98-104(110)99-121-126(115,116)122-100-105(111)101-123-127(117,118)124-103-106(125-109(114)97-94-91-88-85-82-79-76-73-70-67-64-61-58-54-48-45-42-39-36-33-30-27-24-21-18-15-12-9-6-3)102-120-108(113)96-93-90-87-84-81-78-75-72-69-66-63-60-56-53-47-44-41-38-35-32-29-26-23-20-17-14-11-8-5-2/h8-9,11-12,16-21,25-30,34-39,43-48,56,58,60-61,104-106,110-111H,4-7,10,13-15,22-24,31-33,40-42,49-55,57,59,62-103H2,1-3H3,(H,115,116)(H,117,118)/b11-8-,12-9-,19-16-,20-17-,21-18-,28-25-,29-26-,30-27-,37-34-,38-35-,39-36-,46-43-,47-44-,48-45-,60-56-,61-58-. The average Bonchev–Trinajstić information content (AvgIpc) is 0.899. The van der Waals surface area contributed by atoms with Gasteiger partial charge in [0.15, 0.2) is 6.10 Å². The van der Waals surface area contributed by atoms with E-state index in [0.29, 0.717) is 19.3 Å². The molecule has 0 aliphatic heterocycles. The molecular formula is C109H184O16P2. The number of rotatable bonds is 95. The normalized spacial score (nSPS) is 14.5. The molecule has 16 nitrogen and oxygen atoms in total. The SMILES string of the molecule is CC/C=C\C/C=C\C/C=C\C/C=C\C/C=C\C/C=C\CCCCCCCCCCCCC(=O)OCC(COP(=O)(O)OCC(O)COP(=O)(O)OCC(O)COC(=O)CCCCCCCCCCCCCCCCCCC/C=C\C/C=C\C/C=C\C/C=C\CCCCC)OC(=O)CCCCCCCCCCCC/C=C\C/C=C\C/C=C\C/C=C\C/C=C\C/C=C\CC. The van der Waals surface area contributed by atoms with Crippen LogP contribution in [0.4, 0.5) is 0 Å². The summed E-state index contributed by atoms with van der Waals surface area (Å²) in [6, 6.07) is 0. The fraction of sp³-hybridized carbons (Fsp3) is 0.679. The molecule has 0 spiro atoms. The quantitative estimate of drug-likeness (QED) is 0.0146. The van der Waals surface area contributed by atoms with E-state index in [2.05, 4.69) is 215 Å². The highest BCUT2D eigenvalue weighted by molar-refractivity contribution is 7.47. The van der Waals surface area contributed by atoms with Crippen LogP contribution in [-0.2, 0) is 55.8 Å². The molecule has 4 N–H and O–H groups in total. The van der Waals surface area contributed by atoms with Crippen molar-refractivity contribution >= 4 is 33.6 Å². The van der Waals surface area contributed by atoms with E-state index >= 15 is 0 Å². The van der Waals surface area contributed by atoms with E-state index in [0.717, 1.165) is 180 Å². The molecule has 0 aromatic carbocycles. The van der Waals surface area contributed by atoms with Gasteiger partial charge in [-0.3, -0.25) is 32.5 Å². The maximum atomic E-state index is 13.1. The Morgan fingerprint density at radius 2 is 0.417 bits per heavy atom. The van der Waals surface area contributed by atoms with E-state index in [4.69, 9.17) is 32.3 Å². The fourth-order valence-electron chi connectivity index (χ4n) is 13.7. The summed E-state index contributed by atoms with van der Waals surface area (Å²) < 4.78 is 61.7. The van der Waals surface area contributed by atoms with Gasteiger partial charge >= 0.3 is 33.6 Å². The number of hydrogen-bond donors (Lipinski definition) is 4. The topological polar surface area (TPSA) is 231 Å². The molecule has 0 fully saturated rings. The first kappa shape index (κ1) is 121. The van der Waals surface area contributed by atoms with Crippen molar-refractivity contribution in [2.45, 2.75) is 437 Å². The lowest BCUT2D eigenvalue weighted by molar-refractivity contribution is -0.161. The largest absolute Gasteiger partial charge is 0.472 e. The van der Waals surface area contributed by atoms with Gasteiger partial charge in [0.1, 0.15) is 25.4 Å². The van der Waals surface area contributed by atoms with Crippen molar-refractivity contribution in [3.05, 3.63) is 194 Å². The van der Waals surface area contributed by atoms with Gasteiger partial charge in [0, 0.05) is 19.3 Å². The molecule has 0 bridgehead atoms. The maximum absolute atomic E-state index is 13.1. The van der Waals surface area contributed by atoms with Crippen molar-refractivity contribution in [2.75, 3.05) is 39.6 Å². The molecule has 0 heterocycles. The minimum absolute atomic E-state index is 0.0916. The van der Waals surface area contributed by atoms with Crippen LogP contribution in [0, 0.1) is 0 Å². The molecule has 5 unspecified atom stereocenters. The number of carbonyl (C=O) groups is 3. The molecule has 127 heavy (non-hydrogen) atoms. The smallest absolute Gasteiger partial charge is 0.463 e. The first-order valence-corrected chi connectivity index (χ1v) is 53.7. The Balaban J connectivity index is 4.64. The molecule has 0 amide bonds. The van der Waals surface area contributed by atoms with E-state index in [-0.39, 0.29) is 19.3 Å². The predicted octanol–water partition coefficient (Wildman–Crippen LogP) is 32.1. The monoisotopic (exact) mass is 1810 g/mol. The Bertz CT molecular complexity index is 3090. The van der Waals surface area contributed by atoms with Crippen molar-refractivity contribution < 1.29 is 75.8 Å². The summed E-state index contributed by atoms with van der Waals surface area (Å²) >= 11 is 0. The van der Waals surface area contributed by atoms with Gasteiger partial charge in [-0.05, 0) is 167 Å². The minimum atomic E-state index is -4.95. The van der Waals surface area contributed by atoms with Crippen molar-refractivity contribution in [3.63, 3.8) is 0 Å². The summed E-state index contributed by atoms with van der Waals surface area (Å²) in [7, 11) is -9.83. The van der Waals surface area contributed by atoms with E-state index in [1.54, 1.807) is 0 Å². The molecule has 0 radical (unpaired) electrons. The highest BCUT2D eigenvalue weighted by Crippen LogP contribution is 2.45. The van der Waals surface area contributed by atoms with Crippen LogP contribution < -0.4 is 0 Å². The number of esters is 3. The van der Waals surface area contributed by atoms with Gasteiger partial charge in [-0.15, -0.1) is 0 Å². The van der Waals surface area contributed by atoms with Crippen LogP contribution in [0.25, 0.3) is 0 Å². The number of carbonyl (C=O) groups excluding carboxylic acids is 3. The summed E-state index contributed by atoms with van der Waals surface area (Å²) in [5.74, 6) is -1.58. The van der Waals surface area contributed by atoms with Crippen LogP contribution in [0.5, 0.6) is 0 Å². The molecule has 0 rings (SSSR count). The van der Waals surface area contributed by atoms with Gasteiger partial charge < -0.3 is 34.2 Å². The van der Waals surface area contributed by atoms with Crippen LogP contribution >= 0.6 is 15.6 Å². The Morgan fingerprint density at radius 1 is 0.228 bits per heavy atom. The third kappa shape index (κ3) is 101. The summed E-state index contributed by atoms with van der Waals surface area (Å²) in [5, 5.41) is 20.8. The Labute approximate surface area is 776 Å². The number of unbranched alkanes of at least 4 members (excludes halogenated alkanes) is 40. The second kappa shape index (κ2) is 99.4. The highest BCUT2D eigenvalue weighted by Gasteiger charge is 2.30. The lowest BCUT2D eigenvalue weighted by atomic mass is 10.0. The van der Waals surface area contributed by atoms with Crippen LogP contribution in [0.15, 0.2) is 194 Å². The third-order valence-electron chi connectivity index (χ3n) is 21.3. The lowest BCUT2D eigenvalue weighted by Gasteiger charge is -2.21. The zero-order chi connectivity index (χ0) is 92.1. The van der Waals surface area contributed by atoms with Crippen LogP contribution in [0.2, 0.25) is 0 Å². The number of phosphoric ester groups is 2. The van der Waals surface area contributed by atoms with Crippen LogP contribution in [0.3, 0.4) is 0 Å². The minimum Gasteiger partial charge on any atom is -0.463 e. The van der Waals surface area contributed by atoms with Crippen molar-refractivity contribution in [1.29, 1.82) is 0 Å². The number of phosphoric acid groups is 2. The third-order valence-corrected chi connectivity index (χ3v) is 23.2. The number of ether oxygens (including phenoxy) is 3. The zero-order valence-corrected chi connectivity index (χ0v) is 82.2. The van der Waals surface area contributed by atoms with Crippen LogP contribution in [-0.4, -0.2) is 95.9 Å². The molecule has 0 saturated heterocycles. The first-order chi connectivity index (χ1) is 62.2. The molecule has 0 aromatic heterocycles. The highest BCUT2D eigenvalue weighted by atomic mass is 31.2. The maximum Gasteiger partial charge on any atom is 0.472 e. The second-order valence-electron chi connectivity index (χ2n) is 33.5. The van der Waals surface area contributed by atoms with Crippen molar-refractivity contribution in [3.8, 4) is 0 Å². The van der Waals surface area contributed by atoms with Crippen molar-refractivity contribution in [2.24, 2.45) is 0 Å². The van der Waals surface area contributed by atoms with E-state index in [1.807, 2.05) is 0 Å². The first-order valence-electron chi connectivity index (χ1n) is 50.7. The van der Waals surface area contributed by atoms with E-state index in [1.165, 1.54) is 180 Å². The summed E-state index contributed by atoms with van der Waals surface area (Å²) in [4.78, 5) is 59.2. The average molecular weight is 1810 g/mol. The predicted molar refractivity (Wildman–Crippen MR) is 537 cm³/mol. The van der Waals surface area contributed by atoms with Gasteiger partial charge in [-0.2, -0.15) is 0 Å². The Morgan fingerprint density at radius 3 is 0.661 bits per heavy atom. The summed E-state index contributed by atoms with van der Waals surface area (Å²) in [6.07, 6.45) is 133. The van der Waals surface area contributed by atoms with Gasteiger partial charge in [0.25, 0.3) is 0 Å². The van der Waals surface area contributed by atoms with Gasteiger partial charge in [0.05, 0.1) is 26.4 Å². The van der Waals surface area contributed by atoms with E-state index < -0.39 is 91.5 Å². The number of allylic oxidation sites excluding steroid dienone is 32. The van der Waals surface area contributed by atoms with Gasteiger partial charge in [-0.1, -0.05) is 427 Å². The second-order valence-corrected chi connectivity index (χ2v) is 36.4. The fourth-order valence-corrected chi connectivity index (χ4v) is 15.3. The van der Waals surface area contributed by atoms with Crippen LogP contribution in [0.1, 0.15) is 419 Å².